The first-order valence-electron chi connectivity index (χ1n) is 13.9. The number of likely N-dealkylation sites (N-methyl/N-ethyl adjacent to an activating group) is 1. The third-order valence-electron chi connectivity index (χ3n) is 8.09. The van der Waals surface area contributed by atoms with E-state index in [1.807, 2.05) is 13.8 Å². The maximum Gasteiger partial charge on any atom is 0.338 e. The van der Waals surface area contributed by atoms with E-state index in [0.717, 1.165) is 5.56 Å². The number of aliphatic hydroxyl groups is 3. The number of ether oxygens (including phenoxy) is 4. The summed E-state index contributed by atoms with van der Waals surface area (Å²) in [6.07, 6.45) is -6.49. The van der Waals surface area contributed by atoms with Gasteiger partial charge < -0.3 is 44.5 Å². The van der Waals surface area contributed by atoms with Gasteiger partial charge in [-0.3, -0.25) is 4.48 Å². The van der Waals surface area contributed by atoms with Crippen LogP contribution in [0, 0.1) is 0 Å². The number of unbranched alkanes of at least 4 members (excludes halogenated alkanes) is 1. The molecule has 7 atom stereocenters. The molecule has 0 amide bonds. The Kier molecular flexibility index (Phi) is 11.5. The molecule has 232 valence electrons. The fourth-order valence-corrected chi connectivity index (χ4v) is 5.61. The fourth-order valence-electron chi connectivity index (χ4n) is 5.61. The van der Waals surface area contributed by atoms with Crippen LogP contribution >= 0.6 is 0 Å². The maximum atomic E-state index is 12.6. The lowest BCUT2D eigenvalue weighted by Crippen LogP contribution is -2.73. The van der Waals surface area contributed by atoms with E-state index in [2.05, 4.69) is 0 Å². The lowest BCUT2D eigenvalue weighted by molar-refractivity contribution is -0.995. The largest absolute Gasteiger partial charge is 0.508 e. The number of carboxylic acids is 1. The van der Waals surface area contributed by atoms with Crippen molar-refractivity contribution in [2.75, 3.05) is 33.9 Å². The summed E-state index contributed by atoms with van der Waals surface area (Å²) < 4.78 is 21.8. The second-order valence-electron chi connectivity index (χ2n) is 10.5. The highest BCUT2D eigenvalue weighted by Crippen LogP contribution is 2.33. The molecule has 0 radical (unpaired) electrons. The number of esters is 1. The second-order valence-corrected chi connectivity index (χ2v) is 10.5. The first-order valence-corrected chi connectivity index (χ1v) is 13.9. The van der Waals surface area contributed by atoms with Crippen LogP contribution in [0.1, 0.15) is 42.6 Å². The monoisotopic (exact) mass is 592 g/mol. The molecule has 1 aliphatic rings. The number of nitrogens with zero attached hydrogens (tertiary/aromatic N) is 1. The molecule has 1 saturated heterocycles. The van der Waals surface area contributed by atoms with Gasteiger partial charge in [-0.1, -0.05) is 12.1 Å². The molecule has 42 heavy (non-hydrogen) atoms. The normalized spacial score (nSPS) is 24.3. The Bertz CT molecular complexity index is 1190. The number of phenolic OH excluding ortho intramolecular Hbond substituents is 1. The van der Waals surface area contributed by atoms with Crippen molar-refractivity contribution in [3.8, 4) is 17.2 Å². The van der Waals surface area contributed by atoms with Crippen molar-refractivity contribution in [2.45, 2.75) is 69.8 Å². The van der Waals surface area contributed by atoms with Gasteiger partial charge in [-0.05, 0) is 62.6 Å². The number of hydrogen-bond donors (Lipinski definition) is 5. The number of aliphatic carboxylic acids is 1. The van der Waals surface area contributed by atoms with Crippen molar-refractivity contribution in [1.82, 2.24) is 0 Å². The molecule has 7 unspecified atom stereocenters. The average Bonchev–Trinajstić information content (AvgIpc) is 2.98. The lowest BCUT2D eigenvalue weighted by Gasteiger charge is -2.53. The maximum absolute atomic E-state index is 12.6. The number of quaternary nitrogens is 1. The van der Waals surface area contributed by atoms with E-state index in [1.165, 1.54) is 20.3 Å². The Hall–Kier alpha value is -3.42. The van der Waals surface area contributed by atoms with Crippen molar-refractivity contribution in [2.24, 2.45) is 0 Å². The van der Waals surface area contributed by atoms with Gasteiger partial charge in [-0.15, -0.1) is 0 Å². The molecule has 5 N–H and O–H groups in total. The van der Waals surface area contributed by atoms with Crippen molar-refractivity contribution in [3.63, 3.8) is 0 Å². The van der Waals surface area contributed by atoms with Crippen LogP contribution < -0.4 is 9.47 Å². The molecule has 0 aromatic heterocycles. The predicted molar refractivity (Wildman–Crippen MR) is 150 cm³/mol. The highest BCUT2D eigenvalue weighted by atomic mass is 16.6. The first-order chi connectivity index (χ1) is 20.0. The van der Waals surface area contributed by atoms with Crippen LogP contribution in [0.25, 0.3) is 0 Å². The average molecular weight is 593 g/mol. The number of phenols is 1. The zero-order chi connectivity index (χ0) is 31.0. The number of benzene rings is 2. The van der Waals surface area contributed by atoms with E-state index >= 15 is 0 Å². The molecule has 1 heterocycles. The van der Waals surface area contributed by atoms with Crippen LogP contribution in [0.5, 0.6) is 17.2 Å². The van der Waals surface area contributed by atoms with Crippen LogP contribution in [0.3, 0.4) is 0 Å². The molecule has 1 aliphatic heterocycles. The fraction of sp³-hybridized carbons (Fsp3) is 0.533. The second kappa shape index (κ2) is 14.7. The number of aliphatic hydroxyl groups excluding tert-OH is 3. The molecule has 1 fully saturated rings. The highest BCUT2D eigenvalue weighted by molar-refractivity contribution is 5.90. The molecule has 0 saturated carbocycles. The Morgan fingerprint density at radius 2 is 1.62 bits per heavy atom. The summed E-state index contributed by atoms with van der Waals surface area (Å²) in [6.45, 7) is 4.73. The molecule has 0 bridgehead atoms. The molecule has 2 aromatic rings. The van der Waals surface area contributed by atoms with Gasteiger partial charge in [0.2, 0.25) is 6.23 Å². The van der Waals surface area contributed by atoms with Crippen LogP contribution in [0.15, 0.2) is 42.5 Å². The van der Waals surface area contributed by atoms with Gasteiger partial charge in [-0.2, -0.15) is 0 Å². The number of carbonyl (C=O) groups excluding carboxylic acids is 1. The minimum atomic E-state index is -1.80. The van der Waals surface area contributed by atoms with Gasteiger partial charge in [0.25, 0.3) is 0 Å². The van der Waals surface area contributed by atoms with Gasteiger partial charge in [0.1, 0.15) is 18.0 Å². The molecule has 0 spiro atoms. The Balaban J connectivity index is 1.76. The van der Waals surface area contributed by atoms with Crippen LogP contribution in [-0.2, 0) is 20.7 Å². The van der Waals surface area contributed by atoms with E-state index < -0.39 is 42.6 Å². The molecular weight excluding hydrogens is 550 g/mol. The van der Waals surface area contributed by atoms with Crippen molar-refractivity contribution < 1.29 is 58.6 Å². The van der Waals surface area contributed by atoms with E-state index in [1.54, 1.807) is 36.4 Å². The zero-order valence-corrected chi connectivity index (χ0v) is 24.4. The number of hydrogen-bond acceptors (Lipinski definition) is 10. The molecule has 12 heteroatoms. The van der Waals surface area contributed by atoms with Crippen molar-refractivity contribution >= 4 is 11.9 Å². The minimum absolute atomic E-state index is 0.0687. The van der Waals surface area contributed by atoms with Gasteiger partial charge in [-0.25, -0.2) is 9.59 Å². The zero-order valence-electron chi connectivity index (χ0n) is 24.4. The first kappa shape index (κ1) is 33.1. The summed E-state index contributed by atoms with van der Waals surface area (Å²) in [5.41, 5.74) is 1.21. The van der Waals surface area contributed by atoms with Crippen LogP contribution in [-0.4, -0.2) is 113 Å². The quantitative estimate of drug-likeness (QED) is 0.123. The SMILES string of the molecule is CC[N+](CCCCOC(=O)c1ccc(OC)c(OC)c1)(C(C)Cc1ccc(O)cc1)C1OC(C(=O)O)C(O)C(O)C1O. The van der Waals surface area contributed by atoms with Crippen LogP contribution in [0.2, 0.25) is 0 Å². The number of rotatable bonds is 14. The number of methoxy groups -OCH3 is 2. The third kappa shape index (κ3) is 7.31. The summed E-state index contributed by atoms with van der Waals surface area (Å²) in [6, 6.07) is 11.2. The van der Waals surface area contributed by atoms with Crippen LogP contribution in [0.4, 0.5) is 0 Å². The standard InChI is InChI=1S/C30H41NO11/c1-5-31(18(2)16-19-8-11-21(32)12-9-19,28-26(35)24(33)25(34)27(42-28)29(36)37)14-6-7-15-41-30(38)20-10-13-22(39-3)23(17-20)40-4/h8-13,17-18,24-28,33-35H,5-7,14-16H2,1-4H3,(H-,32,36,37)/p+1. The van der Waals surface area contributed by atoms with E-state index in [4.69, 9.17) is 18.9 Å². The van der Waals surface area contributed by atoms with E-state index in [9.17, 15) is 35.1 Å². The minimum Gasteiger partial charge on any atom is -0.508 e. The Labute approximate surface area is 245 Å². The summed E-state index contributed by atoms with van der Waals surface area (Å²) in [7, 11) is 2.97. The predicted octanol–water partition coefficient (Wildman–Crippen LogP) is 1.71. The molecule has 2 aromatic carbocycles. The highest BCUT2D eigenvalue weighted by Gasteiger charge is 2.56. The number of carbonyl (C=O) groups is 2. The smallest absolute Gasteiger partial charge is 0.338 e. The van der Waals surface area contributed by atoms with E-state index in [-0.39, 0.29) is 22.9 Å². The number of aromatic hydroxyl groups is 1. The molecule has 0 aliphatic carbocycles. The summed E-state index contributed by atoms with van der Waals surface area (Å²) in [5, 5.41) is 51.2. The summed E-state index contributed by atoms with van der Waals surface area (Å²) in [5.74, 6) is -0.962. The Morgan fingerprint density at radius 1 is 0.952 bits per heavy atom. The van der Waals surface area contributed by atoms with E-state index in [0.29, 0.717) is 49.4 Å². The Morgan fingerprint density at radius 3 is 2.21 bits per heavy atom. The lowest BCUT2D eigenvalue weighted by atomic mass is 9.93. The molecular formula is C30H42NO11+. The van der Waals surface area contributed by atoms with Crippen molar-refractivity contribution in [1.29, 1.82) is 0 Å². The summed E-state index contributed by atoms with van der Waals surface area (Å²) in [4.78, 5) is 24.5. The van der Waals surface area contributed by atoms with Gasteiger partial charge in [0.05, 0.1) is 45.5 Å². The van der Waals surface area contributed by atoms with Gasteiger partial charge in [0, 0.05) is 6.42 Å². The molecule has 3 rings (SSSR count). The van der Waals surface area contributed by atoms with Gasteiger partial charge in [0.15, 0.2) is 23.7 Å². The number of carboxylic acid groups (broad SMARTS) is 1. The van der Waals surface area contributed by atoms with Crippen molar-refractivity contribution in [3.05, 3.63) is 53.6 Å². The topological polar surface area (TPSA) is 172 Å². The van der Waals surface area contributed by atoms with Gasteiger partial charge >= 0.3 is 11.9 Å². The summed E-state index contributed by atoms with van der Waals surface area (Å²) >= 11 is 0. The third-order valence-corrected chi connectivity index (χ3v) is 8.09. The molecule has 12 nitrogen and oxygen atoms in total.